The second-order valence-electron chi connectivity index (χ2n) is 5.27. The summed E-state index contributed by atoms with van der Waals surface area (Å²) in [5.41, 5.74) is 12.5. The molecule has 5 heteroatoms. The maximum Gasteiger partial charge on any atom is 0.234 e. The van der Waals surface area contributed by atoms with Crippen LogP contribution in [0.3, 0.4) is 0 Å². The number of piperidine rings is 1. The van der Waals surface area contributed by atoms with Gasteiger partial charge in [0.05, 0.1) is 11.0 Å². The molecule has 1 saturated heterocycles. The quantitative estimate of drug-likeness (QED) is 0.804. The van der Waals surface area contributed by atoms with Crippen LogP contribution in [0.15, 0.2) is 30.3 Å². The molecule has 1 aliphatic rings. The maximum absolute atomic E-state index is 11.6. The number of benzene rings is 1. The lowest BCUT2D eigenvalue weighted by Crippen LogP contribution is -2.50. The average molecular weight is 291 g/mol. The molecule has 2 rings (SSSR count). The summed E-state index contributed by atoms with van der Waals surface area (Å²) in [7, 11) is 0. The van der Waals surface area contributed by atoms with Crippen LogP contribution >= 0.6 is 12.2 Å². The Kier molecular flexibility index (Phi) is 5.09. The minimum Gasteiger partial charge on any atom is -0.393 e. The molecule has 20 heavy (non-hydrogen) atoms. The van der Waals surface area contributed by atoms with Crippen molar-refractivity contribution in [3.63, 3.8) is 0 Å². The predicted molar refractivity (Wildman–Crippen MR) is 84.4 cm³/mol. The van der Waals surface area contributed by atoms with Gasteiger partial charge in [-0.25, -0.2) is 0 Å². The van der Waals surface area contributed by atoms with Gasteiger partial charge in [0.15, 0.2) is 0 Å². The number of primary amides is 1. The van der Waals surface area contributed by atoms with Crippen molar-refractivity contribution in [2.24, 2.45) is 11.5 Å². The number of carbonyl (C=O) groups excluding carboxylic acids is 1. The van der Waals surface area contributed by atoms with Gasteiger partial charge < -0.3 is 11.5 Å². The summed E-state index contributed by atoms with van der Waals surface area (Å²) in [5, 5.41) is 0. The normalized spacial score (nSPS) is 21.3. The third-order valence-corrected chi connectivity index (χ3v) is 4.19. The summed E-state index contributed by atoms with van der Waals surface area (Å²) in [6, 6.07) is 9.77. The third-order valence-electron chi connectivity index (χ3n) is 3.90. The summed E-state index contributed by atoms with van der Waals surface area (Å²) in [6.45, 7) is 1.53. The topological polar surface area (TPSA) is 72.4 Å². The molecule has 1 aromatic rings. The number of rotatable bonds is 5. The molecule has 1 aromatic carbocycles. The molecule has 0 aromatic heterocycles. The minimum atomic E-state index is -0.251. The van der Waals surface area contributed by atoms with Crippen molar-refractivity contribution in [2.75, 3.05) is 13.1 Å². The SMILES string of the molecule is NC(=O)C1CCCCN1CC(C(N)=S)c1ccccc1. The van der Waals surface area contributed by atoms with Crippen LogP contribution in [0.25, 0.3) is 0 Å². The Morgan fingerprint density at radius 1 is 1.30 bits per heavy atom. The van der Waals surface area contributed by atoms with Gasteiger partial charge in [0.1, 0.15) is 0 Å². The van der Waals surface area contributed by atoms with Crippen LogP contribution in [0, 0.1) is 0 Å². The molecule has 1 aliphatic heterocycles. The first-order chi connectivity index (χ1) is 9.59. The van der Waals surface area contributed by atoms with Crippen LogP contribution in [0.1, 0.15) is 30.7 Å². The van der Waals surface area contributed by atoms with E-state index in [-0.39, 0.29) is 17.9 Å². The largest absolute Gasteiger partial charge is 0.393 e. The van der Waals surface area contributed by atoms with Crippen LogP contribution in [-0.2, 0) is 4.79 Å². The lowest BCUT2D eigenvalue weighted by atomic mass is 9.95. The predicted octanol–water partition coefficient (Wildman–Crippen LogP) is 1.40. The lowest BCUT2D eigenvalue weighted by Gasteiger charge is -2.36. The van der Waals surface area contributed by atoms with Crippen molar-refractivity contribution in [3.8, 4) is 0 Å². The molecule has 0 bridgehead atoms. The van der Waals surface area contributed by atoms with Gasteiger partial charge in [-0.15, -0.1) is 0 Å². The number of carbonyl (C=O) groups is 1. The van der Waals surface area contributed by atoms with Crippen LogP contribution in [-0.4, -0.2) is 34.9 Å². The molecular weight excluding hydrogens is 270 g/mol. The van der Waals surface area contributed by atoms with Gasteiger partial charge in [0, 0.05) is 12.5 Å². The highest BCUT2D eigenvalue weighted by molar-refractivity contribution is 7.80. The zero-order valence-corrected chi connectivity index (χ0v) is 12.3. The van der Waals surface area contributed by atoms with Crippen molar-refractivity contribution in [1.29, 1.82) is 0 Å². The van der Waals surface area contributed by atoms with Crippen molar-refractivity contribution in [3.05, 3.63) is 35.9 Å². The Labute approximate surface area is 125 Å². The summed E-state index contributed by atoms with van der Waals surface area (Å²) in [4.78, 5) is 14.2. The summed E-state index contributed by atoms with van der Waals surface area (Å²) >= 11 is 5.21. The molecule has 2 unspecified atom stereocenters. The molecule has 2 atom stereocenters. The standard InChI is InChI=1S/C15H21N3OS/c16-14(19)13-8-4-5-9-18(13)10-12(15(17)20)11-6-2-1-3-7-11/h1-3,6-7,12-13H,4-5,8-10H2,(H2,16,19)(H2,17,20). The van der Waals surface area contributed by atoms with Crippen molar-refractivity contribution in [2.45, 2.75) is 31.2 Å². The second-order valence-corrected chi connectivity index (χ2v) is 5.75. The van der Waals surface area contributed by atoms with Crippen LogP contribution in [0.2, 0.25) is 0 Å². The van der Waals surface area contributed by atoms with Gasteiger partial charge in [0.25, 0.3) is 0 Å². The van der Waals surface area contributed by atoms with Gasteiger partial charge in [-0.1, -0.05) is 49.0 Å². The Morgan fingerprint density at radius 3 is 2.60 bits per heavy atom. The van der Waals surface area contributed by atoms with E-state index in [0.717, 1.165) is 31.4 Å². The van der Waals surface area contributed by atoms with Crippen LogP contribution < -0.4 is 11.5 Å². The van der Waals surface area contributed by atoms with Crippen molar-refractivity contribution in [1.82, 2.24) is 4.90 Å². The number of nitrogens with two attached hydrogens (primary N) is 2. The van der Waals surface area contributed by atoms with E-state index < -0.39 is 0 Å². The molecule has 4 N–H and O–H groups in total. The lowest BCUT2D eigenvalue weighted by molar-refractivity contribution is -0.124. The first-order valence-electron chi connectivity index (χ1n) is 6.97. The molecule has 4 nitrogen and oxygen atoms in total. The number of nitrogens with zero attached hydrogens (tertiary/aromatic N) is 1. The highest BCUT2D eigenvalue weighted by Gasteiger charge is 2.29. The smallest absolute Gasteiger partial charge is 0.234 e. The molecule has 0 saturated carbocycles. The molecule has 1 amide bonds. The molecule has 0 aliphatic carbocycles. The monoisotopic (exact) mass is 291 g/mol. The third kappa shape index (κ3) is 3.55. The fourth-order valence-corrected chi connectivity index (χ4v) is 3.02. The summed E-state index contributed by atoms with van der Waals surface area (Å²) < 4.78 is 0. The Bertz CT molecular complexity index is 477. The Balaban J connectivity index is 2.15. The summed E-state index contributed by atoms with van der Waals surface area (Å²) in [6.07, 6.45) is 2.96. The molecule has 1 fully saturated rings. The fraction of sp³-hybridized carbons (Fsp3) is 0.467. The highest BCUT2D eigenvalue weighted by atomic mass is 32.1. The van der Waals surface area contributed by atoms with Gasteiger partial charge in [-0.3, -0.25) is 9.69 Å². The van der Waals surface area contributed by atoms with E-state index >= 15 is 0 Å². The van der Waals surface area contributed by atoms with Gasteiger partial charge in [-0.2, -0.15) is 0 Å². The number of amides is 1. The first-order valence-corrected chi connectivity index (χ1v) is 7.38. The highest BCUT2D eigenvalue weighted by Crippen LogP contribution is 2.23. The van der Waals surface area contributed by atoms with E-state index in [4.69, 9.17) is 23.7 Å². The zero-order chi connectivity index (χ0) is 14.5. The van der Waals surface area contributed by atoms with Crippen molar-refractivity contribution < 1.29 is 4.79 Å². The maximum atomic E-state index is 11.6. The van der Waals surface area contributed by atoms with Gasteiger partial charge in [0.2, 0.25) is 5.91 Å². The first kappa shape index (κ1) is 14.9. The molecule has 0 radical (unpaired) electrons. The van der Waals surface area contributed by atoms with Gasteiger partial charge >= 0.3 is 0 Å². The minimum absolute atomic E-state index is 0.0360. The number of hydrogen-bond acceptors (Lipinski definition) is 3. The van der Waals surface area contributed by atoms with E-state index in [1.165, 1.54) is 0 Å². The van der Waals surface area contributed by atoms with E-state index in [0.29, 0.717) is 11.5 Å². The Morgan fingerprint density at radius 2 is 2.00 bits per heavy atom. The average Bonchev–Trinajstić information content (AvgIpc) is 2.45. The van der Waals surface area contributed by atoms with Crippen LogP contribution in [0.5, 0.6) is 0 Å². The zero-order valence-electron chi connectivity index (χ0n) is 11.5. The van der Waals surface area contributed by atoms with Crippen LogP contribution in [0.4, 0.5) is 0 Å². The summed E-state index contributed by atoms with van der Waals surface area (Å²) in [5.74, 6) is -0.286. The molecular formula is C15H21N3OS. The number of likely N-dealkylation sites (tertiary alicyclic amines) is 1. The van der Waals surface area contributed by atoms with E-state index in [1.54, 1.807) is 0 Å². The molecule has 0 spiro atoms. The fourth-order valence-electron chi connectivity index (χ4n) is 2.81. The van der Waals surface area contributed by atoms with E-state index in [2.05, 4.69) is 4.90 Å². The number of thiocarbonyl (C=S) groups is 1. The van der Waals surface area contributed by atoms with E-state index in [9.17, 15) is 4.79 Å². The van der Waals surface area contributed by atoms with E-state index in [1.807, 2.05) is 30.3 Å². The second kappa shape index (κ2) is 6.81. The number of hydrogen-bond donors (Lipinski definition) is 2. The van der Waals surface area contributed by atoms with Crippen molar-refractivity contribution >= 4 is 23.1 Å². The molecule has 1 heterocycles. The Hall–Kier alpha value is -1.46. The van der Waals surface area contributed by atoms with Gasteiger partial charge in [-0.05, 0) is 24.9 Å². The molecule has 108 valence electrons.